The number of hydrogen-bond donors (Lipinski definition) is 0. The fourth-order valence-electron chi connectivity index (χ4n) is 2.98. The van der Waals surface area contributed by atoms with E-state index in [1.807, 2.05) is 0 Å². The van der Waals surface area contributed by atoms with Crippen LogP contribution in [0.2, 0.25) is 0 Å². The van der Waals surface area contributed by atoms with Crippen LogP contribution in [0.15, 0.2) is 18.2 Å². The van der Waals surface area contributed by atoms with E-state index < -0.39 is 70.3 Å². The minimum atomic E-state index is -1.27. The van der Waals surface area contributed by atoms with E-state index in [-0.39, 0.29) is 12.2 Å². The molecule has 0 spiro atoms. The standard InChI is InChI=1S/C18H20N2O12/c1-9(21)28-8-16-18(30-11(3)23)15(29-10(2)22)7-17(32-16)31-14-5-4-12(19(24)25)6-13(14)20(26)27/h4-6,15-18H,7-8H2,1-3H3. The van der Waals surface area contributed by atoms with Crippen molar-refractivity contribution in [3.63, 3.8) is 0 Å². The second kappa shape index (κ2) is 10.5. The lowest BCUT2D eigenvalue weighted by Gasteiger charge is -2.39. The number of hydrogen-bond acceptors (Lipinski definition) is 12. The van der Waals surface area contributed by atoms with Gasteiger partial charge in [0.25, 0.3) is 5.69 Å². The summed E-state index contributed by atoms with van der Waals surface area (Å²) in [5, 5.41) is 22.2. The topological polar surface area (TPSA) is 184 Å². The SMILES string of the molecule is CC(=O)OCC1OC(Oc2ccc([N+](=O)[O-])cc2[N+](=O)[O-])CC(OC(C)=O)C1OC(C)=O. The van der Waals surface area contributed by atoms with E-state index in [0.717, 1.165) is 39.0 Å². The number of nitrogens with zero attached hydrogens (tertiary/aromatic N) is 2. The minimum absolute atomic E-state index is 0.206. The smallest absolute Gasteiger partial charge is 0.317 e. The normalized spacial score (nSPS) is 22.3. The lowest BCUT2D eigenvalue weighted by Crippen LogP contribution is -2.54. The molecule has 1 heterocycles. The molecule has 0 aliphatic carbocycles. The van der Waals surface area contributed by atoms with Crippen LogP contribution < -0.4 is 4.74 Å². The number of esters is 3. The molecular formula is C18H20N2O12. The number of nitro benzene ring substituents is 2. The first-order valence-electron chi connectivity index (χ1n) is 9.20. The van der Waals surface area contributed by atoms with Gasteiger partial charge in [-0.3, -0.25) is 34.6 Å². The van der Waals surface area contributed by atoms with Crippen LogP contribution in [-0.4, -0.2) is 59.0 Å². The first kappa shape index (κ1) is 24.5. The van der Waals surface area contributed by atoms with Crippen molar-refractivity contribution in [1.29, 1.82) is 0 Å². The van der Waals surface area contributed by atoms with Crippen LogP contribution in [0.25, 0.3) is 0 Å². The summed E-state index contributed by atoms with van der Waals surface area (Å²) in [5.74, 6) is -2.42. The highest BCUT2D eigenvalue weighted by Crippen LogP contribution is 2.34. The first-order valence-corrected chi connectivity index (χ1v) is 9.20. The molecule has 32 heavy (non-hydrogen) atoms. The van der Waals surface area contributed by atoms with E-state index >= 15 is 0 Å². The van der Waals surface area contributed by atoms with Crippen LogP contribution in [0.5, 0.6) is 5.75 Å². The van der Waals surface area contributed by atoms with Crippen molar-refractivity contribution in [2.45, 2.75) is 51.8 Å². The number of nitro groups is 2. The molecule has 0 aromatic heterocycles. The number of rotatable bonds is 8. The van der Waals surface area contributed by atoms with Gasteiger partial charge in [-0.1, -0.05) is 0 Å². The fraction of sp³-hybridized carbons (Fsp3) is 0.500. The predicted molar refractivity (Wildman–Crippen MR) is 101 cm³/mol. The summed E-state index contributed by atoms with van der Waals surface area (Å²) in [5.41, 5.74) is -1.21. The molecule has 0 bridgehead atoms. The highest BCUT2D eigenvalue weighted by Gasteiger charge is 2.45. The Kier molecular flexibility index (Phi) is 8.01. The first-order chi connectivity index (χ1) is 15.0. The van der Waals surface area contributed by atoms with Gasteiger partial charge in [-0.15, -0.1) is 0 Å². The third kappa shape index (κ3) is 6.60. The molecule has 174 valence electrons. The second-order valence-corrected chi connectivity index (χ2v) is 6.65. The Hall–Kier alpha value is -3.81. The molecule has 14 nitrogen and oxygen atoms in total. The molecule has 0 saturated carbocycles. The van der Waals surface area contributed by atoms with Gasteiger partial charge < -0.3 is 23.7 Å². The Bertz CT molecular complexity index is 917. The van der Waals surface area contributed by atoms with Crippen molar-refractivity contribution in [3.8, 4) is 5.75 Å². The van der Waals surface area contributed by atoms with Gasteiger partial charge in [0.15, 0.2) is 6.10 Å². The average Bonchev–Trinajstić information content (AvgIpc) is 2.67. The zero-order valence-electron chi connectivity index (χ0n) is 17.2. The lowest BCUT2D eigenvalue weighted by atomic mass is 10.0. The summed E-state index contributed by atoms with van der Waals surface area (Å²) in [6.45, 7) is 2.99. The maximum absolute atomic E-state index is 11.5. The number of ether oxygens (including phenoxy) is 5. The summed E-state index contributed by atoms with van der Waals surface area (Å²) >= 11 is 0. The van der Waals surface area contributed by atoms with Crippen LogP contribution in [0, 0.1) is 20.2 Å². The summed E-state index contributed by atoms with van der Waals surface area (Å²) < 4.78 is 26.5. The van der Waals surface area contributed by atoms with Gasteiger partial charge in [0.05, 0.1) is 22.3 Å². The Morgan fingerprint density at radius 2 is 1.69 bits per heavy atom. The van der Waals surface area contributed by atoms with E-state index in [0.29, 0.717) is 0 Å². The van der Waals surface area contributed by atoms with Crippen molar-refractivity contribution in [2.24, 2.45) is 0 Å². The van der Waals surface area contributed by atoms with Crippen LogP contribution in [-0.2, 0) is 33.3 Å². The zero-order valence-corrected chi connectivity index (χ0v) is 17.2. The molecular weight excluding hydrogens is 436 g/mol. The quantitative estimate of drug-likeness (QED) is 0.237. The molecule has 1 saturated heterocycles. The molecule has 4 atom stereocenters. The van der Waals surface area contributed by atoms with Crippen molar-refractivity contribution in [1.82, 2.24) is 0 Å². The van der Waals surface area contributed by atoms with E-state index in [1.165, 1.54) is 0 Å². The lowest BCUT2D eigenvalue weighted by molar-refractivity contribution is -0.395. The minimum Gasteiger partial charge on any atom is -0.463 e. The Morgan fingerprint density at radius 3 is 2.22 bits per heavy atom. The van der Waals surface area contributed by atoms with Crippen molar-refractivity contribution >= 4 is 29.3 Å². The molecule has 0 radical (unpaired) electrons. The monoisotopic (exact) mass is 456 g/mol. The molecule has 1 aliphatic rings. The van der Waals surface area contributed by atoms with Crippen molar-refractivity contribution in [3.05, 3.63) is 38.4 Å². The van der Waals surface area contributed by atoms with Crippen LogP contribution >= 0.6 is 0 Å². The van der Waals surface area contributed by atoms with E-state index in [9.17, 15) is 34.6 Å². The number of benzene rings is 1. The third-order valence-electron chi connectivity index (χ3n) is 4.16. The Balaban J connectivity index is 2.34. The molecule has 0 amide bonds. The Morgan fingerprint density at radius 1 is 1.03 bits per heavy atom. The second-order valence-electron chi connectivity index (χ2n) is 6.65. The van der Waals surface area contributed by atoms with Gasteiger partial charge in [0.1, 0.15) is 18.8 Å². The van der Waals surface area contributed by atoms with Gasteiger partial charge in [0.2, 0.25) is 12.0 Å². The molecule has 2 rings (SSSR count). The van der Waals surface area contributed by atoms with Gasteiger partial charge >= 0.3 is 23.6 Å². The average molecular weight is 456 g/mol. The van der Waals surface area contributed by atoms with E-state index in [1.54, 1.807) is 0 Å². The summed E-state index contributed by atoms with van der Waals surface area (Å²) in [6, 6.07) is 2.76. The summed E-state index contributed by atoms with van der Waals surface area (Å²) in [4.78, 5) is 54.9. The van der Waals surface area contributed by atoms with Crippen LogP contribution in [0.1, 0.15) is 27.2 Å². The Labute approximate surface area is 180 Å². The number of carbonyl (C=O) groups excluding carboxylic acids is 3. The van der Waals surface area contributed by atoms with E-state index in [4.69, 9.17) is 23.7 Å². The molecule has 1 aromatic rings. The predicted octanol–water partition coefficient (Wildman–Crippen LogP) is 1.42. The highest BCUT2D eigenvalue weighted by molar-refractivity contribution is 5.67. The highest BCUT2D eigenvalue weighted by atomic mass is 16.7. The fourth-order valence-corrected chi connectivity index (χ4v) is 2.98. The largest absolute Gasteiger partial charge is 0.463 e. The molecule has 0 N–H and O–H groups in total. The summed E-state index contributed by atoms with van der Waals surface area (Å²) in [7, 11) is 0. The van der Waals surface area contributed by atoms with Gasteiger partial charge in [-0.2, -0.15) is 0 Å². The molecule has 14 heteroatoms. The van der Waals surface area contributed by atoms with Crippen LogP contribution in [0.3, 0.4) is 0 Å². The van der Waals surface area contributed by atoms with Crippen LogP contribution in [0.4, 0.5) is 11.4 Å². The molecule has 1 aromatic carbocycles. The van der Waals surface area contributed by atoms with Gasteiger partial charge in [0, 0.05) is 26.8 Å². The third-order valence-corrected chi connectivity index (χ3v) is 4.16. The van der Waals surface area contributed by atoms with Gasteiger partial charge in [-0.25, -0.2) is 0 Å². The summed E-state index contributed by atoms with van der Waals surface area (Å²) in [6.07, 6.45) is -4.85. The van der Waals surface area contributed by atoms with Gasteiger partial charge in [-0.05, 0) is 6.07 Å². The molecule has 1 aliphatic heterocycles. The number of non-ortho nitro benzene ring substituents is 1. The maximum Gasteiger partial charge on any atom is 0.317 e. The van der Waals surface area contributed by atoms with Crippen molar-refractivity contribution in [2.75, 3.05) is 6.61 Å². The molecule has 4 unspecified atom stereocenters. The van der Waals surface area contributed by atoms with E-state index in [2.05, 4.69) is 0 Å². The zero-order chi connectivity index (χ0) is 24.0. The number of carbonyl (C=O) groups is 3. The molecule has 1 fully saturated rings. The van der Waals surface area contributed by atoms with Crippen molar-refractivity contribution < 1.29 is 47.9 Å². The maximum atomic E-state index is 11.5.